The van der Waals surface area contributed by atoms with Gasteiger partial charge in [0.25, 0.3) is 0 Å². The first-order valence-electron chi connectivity index (χ1n) is 6.88. The zero-order valence-electron chi connectivity index (χ0n) is 10.8. The van der Waals surface area contributed by atoms with Crippen molar-refractivity contribution >= 4 is 21.6 Å². The van der Waals surface area contributed by atoms with E-state index in [0.29, 0.717) is 12.0 Å². The average Bonchev–Trinajstić information content (AvgIpc) is 2.81. The molecule has 1 unspecified atom stereocenters. The van der Waals surface area contributed by atoms with Gasteiger partial charge in [0.1, 0.15) is 6.07 Å². The third kappa shape index (κ3) is 2.37. The van der Waals surface area contributed by atoms with Crippen LogP contribution in [0, 0.1) is 23.2 Å². The highest BCUT2D eigenvalue weighted by Gasteiger charge is 2.37. The Labute approximate surface area is 122 Å². The molecule has 0 bridgehead atoms. The van der Waals surface area contributed by atoms with Gasteiger partial charge in [0.2, 0.25) is 0 Å². The Bertz CT molecular complexity index is 523. The van der Waals surface area contributed by atoms with E-state index in [4.69, 9.17) is 5.73 Å². The summed E-state index contributed by atoms with van der Waals surface area (Å²) < 4.78 is 0.888. The van der Waals surface area contributed by atoms with Gasteiger partial charge in [-0.1, -0.05) is 6.07 Å². The highest BCUT2D eigenvalue weighted by Crippen LogP contribution is 2.39. The van der Waals surface area contributed by atoms with Crippen LogP contribution in [0.2, 0.25) is 0 Å². The first-order valence-corrected chi connectivity index (χ1v) is 7.67. The minimum atomic E-state index is 0.374. The van der Waals surface area contributed by atoms with Gasteiger partial charge in [-0.3, -0.25) is 0 Å². The quantitative estimate of drug-likeness (QED) is 0.866. The van der Waals surface area contributed by atoms with E-state index in [2.05, 4.69) is 33.0 Å². The van der Waals surface area contributed by atoms with Crippen LogP contribution in [0.25, 0.3) is 0 Å². The molecule has 3 rings (SSSR count). The molecule has 1 aromatic carbocycles. The molecule has 1 aliphatic heterocycles. The number of nitrogens with two attached hydrogens (primary N) is 1. The van der Waals surface area contributed by atoms with Crippen LogP contribution >= 0.6 is 15.9 Å². The number of anilines is 1. The zero-order chi connectivity index (χ0) is 13.4. The summed E-state index contributed by atoms with van der Waals surface area (Å²) in [7, 11) is 0. The Balaban J connectivity index is 1.85. The predicted molar refractivity (Wildman–Crippen MR) is 79.9 cm³/mol. The van der Waals surface area contributed by atoms with Gasteiger partial charge in [0, 0.05) is 23.6 Å². The summed E-state index contributed by atoms with van der Waals surface area (Å²) in [5, 5.41) is 9.33. The van der Waals surface area contributed by atoms with Crippen molar-refractivity contribution in [3.05, 3.63) is 28.2 Å². The Hall–Kier alpha value is -1.05. The second-order valence-corrected chi connectivity index (χ2v) is 6.60. The third-order valence-corrected chi connectivity index (χ3v) is 5.20. The van der Waals surface area contributed by atoms with Gasteiger partial charge in [0.15, 0.2) is 0 Å². The maximum atomic E-state index is 9.33. The van der Waals surface area contributed by atoms with Crippen LogP contribution in [-0.2, 0) is 0 Å². The average molecular weight is 320 g/mol. The molecule has 2 N–H and O–H groups in total. The van der Waals surface area contributed by atoms with Gasteiger partial charge in [-0.05, 0) is 59.2 Å². The summed E-state index contributed by atoms with van der Waals surface area (Å²) in [5.74, 6) is 1.46. The van der Waals surface area contributed by atoms with Crippen molar-refractivity contribution in [1.82, 2.24) is 0 Å². The fourth-order valence-electron chi connectivity index (χ4n) is 3.55. The highest BCUT2D eigenvalue weighted by molar-refractivity contribution is 9.10. The van der Waals surface area contributed by atoms with Crippen molar-refractivity contribution in [1.29, 1.82) is 5.26 Å². The van der Waals surface area contributed by atoms with Crippen molar-refractivity contribution < 1.29 is 0 Å². The molecule has 1 aliphatic carbocycles. The van der Waals surface area contributed by atoms with Crippen molar-refractivity contribution in [2.24, 2.45) is 17.6 Å². The highest BCUT2D eigenvalue weighted by atomic mass is 79.9. The molecule has 3 nitrogen and oxygen atoms in total. The van der Waals surface area contributed by atoms with E-state index in [9.17, 15) is 5.26 Å². The Morgan fingerprint density at radius 2 is 2.05 bits per heavy atom. The summed E-state index contributed by atoms with van der Waals surface area (Å²) >= 11 is 3.47. The fourth-order valence-corrected chi connectivity index (χ4v) is 4.00. The predicted octanol–water partition coefficient (Wildman–Crippen LogP) is 2.88. The number of halogens is 1. The van der Waals surface area contributed by atoms with Crippen molar-refractivity contribution in [2.45, 2.75) is 25.3 Å². The molecule has 4 heteroatoms. The molecule has 0 radical (unpaired) electrons. The van der Waals surface area contributed by atoms with Crippen LogP contribution in [0.15, 0.2) is 22.7 Å². The lowest BCUT2D eigenvalue weighted by atomic mass is 9.79. The van der Waals surface area contributed by atoms with Gasteiger partial charge in [-0.25, -0.2) is 0 Å². The zero-order valence-corrected chi connectivity index (χ0v) is 12.4. The minimum Gasteiger partial charge on any atom is -0.370 e. The number of hydrogen-bond donors (Lipinski definition) is 1. The maximum absolute atomic E-state index is 9.33. The monoisotopic (exact) mass is 319 g/mol. The molecular weight excluding hydrogens is 302 g/mol. The lowest BCUT2D eigenvalue weighted by Crippen LogP contribution is -2.32. The number of nitrogens with zero attached hydrogens (tertiary/aromatic N) is 2. The van der Waals surface area contributed by atoms with Crippen LogP contribution in [0.4, 0.5) is 5.69 Å². The minimum absolute atomic E-state index is 0.374. The second-order valence-electron chi connectivity index (χ2n) is 5.74. The van der Waals surface area contributed by atoms with Gasteiger partial charge in [0.05, 0.1) is 11.3 Å². The third-order valence-electron chi connectivity index (χ3n) is 4.53. The van der Waals surface area contributed by atoms with Crippen LogP contribution in [0.3, 0.4) is 0 Å². The fraction of sp³-hybridized carbons (Fsp3) is 0.533. The van der Waals surface area contributed by atoms with E-state index in [1.54, 1.807) is 0 Å². The lowest BCUT2D eigenvalue weighted by Gasteiger charge is -2.27. The molecule has 0 aromatic heterocycles. The van der Waals surface area contributed by atoms with E-state index < -0.39 is 0 Å². The topological polar surface area (TPSA) is 53.0 Å². The largest absolute Gasteiger partial charge is 0.370 e. The molecule has 0 amide bonds. The van der Waals surface area contributed by atoms with Crippen LogP contribution < -0.4 is 10.6 Å². The molecule has 1 heterocycles. The summed E-state index contributed by atoms with van der Waals surface area (Å²) in [6.07, 6.45) is 3.52. The van der Waals surface area contributed by atoms with E-state index in [1.807, 2.05) is 12.1 Å². The summed E-state index contributed by atoms with van der Waals surface area (Å²) in [6.45, 7) is 2.12. The number of fused-ring (bicyclic) bond motifs is 1. The molecule has 2 aliphatic rings. The van der Waals surface area contributed by atoms with Gasteiger partial charge >= 0.3 is 0 Å². The maximum Gasteiger partial charge on any atom is 0.103 e. The molecule has 1 saturated heterocycles. The molecule has 100 valence electrons. The first kappa shape index (κ1) is 13.0. The Morgan fingerprint density at radius 3 is 2.84 bits per heavy atom. The van der Waals surface area contributed by atoms with Crippen LogP contribution in [0.1, 0.15) is 24.8 Å². The van der Waals surface area contributed by atoms with E-state index >= 15 is 0 Å². The number of hydrogen-bond acceptors (Lipinski definition) is 3. The summed E-state index contributed by atoms with van der Waals surface area (Å²) in [4.78, 5) is 2.37. The second kappa shape index (κ2) is 5.15. The van der Waals surface area contributed by atoms with Crippen LogP contribution in [-0.4, -0.2) is 19.1 Å². The van der Waals surface area contributed by atoms with E-state index in [-0.39, 0.29) is 0 Å². The lowest BCUT2D eigenvalue weighted by molar-refractivity contribution is 0.271. The summed E-state index contributed by atoms with van der Waals surface area (Å²) in [5.41, 5.74) is 7.90. The first-order chi connectivity index (χ1) is 9.19. The number of rotatable bonds is 1. The molecule has 0 spiro atoms. The Kier molecular flexibility index (Phi) is 3.51. The molecular formula is C15H18BrN3. The van der Waals surface area contributed by atoms with Crippen LogP contribution in [0.5, 0.6) is 0 Å². The Morgan fingerprint density at radius 1 is 1.26 bits per heavy atom. The number of benzene rings is 1. The van der Waals surface area contributed by atoms with Crippen molar-refractivity contribution in [3.63, 3.8) is 0 Å². The molecule has 1 saturated carbocycles. The van der Waals surface area contributed by atoms with Crippen molar-refractivity contribution in [3.8, 4) is 6.07 Å². The molecule has 1 aromatic rings. The standard InChI is InChI=1S/C15H18BrN3/c16-14-2-1-3-15(13(14)7-17)19-8-10-4-5-12(18)6-11(10)9-19/h1-3,10-12H,4-6,8-9,18H2/t10-,11+,12?/m1/s1. The molecule has 2 fully saturated rings. The normalized spacial score (nSPS) is 29.9. The van der Waals surface area contributed by atoms with Crippen molar-refractivity contribution in [2.75, 3.05) is 18.0 Å². The van der Waals surface area contributed by atoms with E-state index in [0.717, 1.165) is 47.6 Å². The molecule has 19 heavy (non-hydrogen) atoms. The van der Waals surface area contributed by atoms with Gasteiger partial charge in [-0.15, -0.1) is 0 Å². The number of nitriles is 1. The van der Waals surface area contributed by atoms with Gasteiger partial charge < -0.3 is 10.6 Å². The molecule has 3 atom stereocenters. The van der Waals surface area contributed by atoms with E-state index in [1.165, 1.54) is 6.42 Å². The van der Waals surface area contributed by atoms with Gasteiger partial charge in [-0.2, -0.15) is 5.26 Å². The smallest absolute Gasteiger partial charge is 0.103 e. The summed E-state index contributed by atoms with van der Waals surface area (Å²) in [6, 6.07) is 8.69. The SMILES string of the molecule is N#Cc1c(Br)cccc1N1C[C@H]2CCC(N)C[C@H]2C1.